The molecular weight excluding hydrogens is 122 g/mol. The van der Waals surface area contributed by atoms with Crippen molar-refractivity contribution in [1.82, 2.24) is 0 Å². The maximum absolute atomic E-state index is 2.34. The summed E-state index contributed by atoms with van der Waals surface area (Å²) >= 11 is 0. The molecule has 1 radical (unpaired) electrons. The molecule has 1 aromatic rings. The molecule has 10 heavy (non-hydrogen) atoms. The van der Waals surface area contributed by atoms with Gasteiger partial charge in [-0.05, 0) is 18.1 Å². The molecule has 1 saturated heterocycles. The first-order valence-corrected chi connectivity index (χ1v) is 3.66. The minimum Gasteiger partial charge on any atom is -0.359 e. The van der Waals surface area contributed by atoms with Crippen LogP contribution in [0.15, 0.2) is 24.3 Å². The lowest BCUT2D eigenvalue weighted by Gasteiger charge is -2.00. The van der Waals surface area contributed by atoms with Gasteiger partial charge in [-0.1, -0.05) is 18.2 Å². The third kappa shape index (κ3) is 0.441. The van der Waals surface area contributed by atoms with Gasteiger partial charge in [0, 0.05) is 5.69 Å². The number of benzene rings is 1. The van der Waals surface area contributed by atoms with E-state index < -0.39 is 0 Å². The van der Waals surface area contributed by atoms with E-state index in [0.717, 1.165) is 6.04 Å². The molecule has 0 bridgehead atoms. The van der Waals surface area contributed by atoms with Crippen LogP contribution < -0.4 is 4.90 Å². The summed E-state index contributed by atoms with van der Waals surface area (Å²) < 4.78 is 0. The van der Waals surface area contributed by atoms with Crippen LogP contribution in [0.3, 0.4) is 0 Å². The Kier molecular flexibility index (Phi) is 0.652. The van der Waals surface area contributed by atoms with Gasteiger partial charge in [-0.25, -0.2) is 0 Å². The summed E-state index contributed by atoms with van der Waals surface area (Å²) in [6, 6.07) is 9.38. The summed E-state index contributed by atoms with van der Waals surface area (Å²) in [4.78, 5) is 2.34. The molecule has 1 aromatic carbocycles. The number of nitrogens with zero attached hydrogens (tertiary/aromatic N) is 1. The van der Waals surface area contributed by atoms with Crippen LogP contribution in [0.2, 0.25) is 0 Å². The summed E-state index contributed by atoms with van der Waals surface area (Å²) in [5.41, 5.74) is 2.93. The van der Waals surface area contributed by atoms with E-state index in [2.05, 4.69) is 35.7 Å². The van der Waals surface area contributed by atoms with Gasteiger partial charge in [-0.3, -0.25) is 0 Å². The second-order valence-electron chi connectivity index (χ2n) is 2.96. The van der Waals surface area contributed by atoms with E-state index in [0.29, 0.717) is 0 Å². The maximum atomic E-state index is 2.34. The van der Waals surface area contributed by atoms with Crippen LogP contribution >= 0.6 is 0 Å². The number of hydrogen-bond acceptors (Lipinski definition) is 1. The lowest BCUT2D eigenvalue weighted by Crippen LogP contribution is -1.87. The van der Waals surface area contributed by atoms with E-state index in [4.69, 9.17) is 0 Å². The summed E-state index contributed by atoms with van der Waals surface area (Å²) in [5.74, 6) is 0. The number of hydrogen-bond donors (Lipinski definition) is 0. The lowest BCUT2D eigenvalue weighted by atomic mass is 10.1. The lowest BCUT2D eigenvalue weighted by molar-refractivity contribution is 1.04. The molecule has 0 aliphatic carbocycles. The zero-order chi connectivity index (χ0) is 6.55. The van der Waals surface area contributed by atoms with Crippen LogP contribution in [0.25, 0.3) is 0 Å². The van der Waals surface area contributed by atoms with Crippen LogP contribution in [-0.2, 0) is 6.42 Å². The Hall–Kier alpha value is -0.980. The Morgan fingerprint density at radius 3 is 3.10 bits per heavy atom. The summed E-state index contributed by atoms with van der Waals surface area (Å²) in [7, 11) is 0. The molecule has 0 spiro atoms. The maximum Gasteiger partial charge on any atom is 0.0724 e. The fourth-order valence-corrected chi connectivity index (χ4v) is 1.72. The Morgan fingerprint density at radius 1 is 1.30 bits per heavy atom. The van der Waals surface area contributed by atoms with Crippen molar-refractivity contribution in [2.75, 3.05) is 4.90 Å². The largest absolute Gasteiger partial charge is 0.359 e. The first-order chi connectivity index (χ1) is 4.95. The van der Waals surface area contributed by atoms with Gasteiger partial charge in [0.2, 0.25) is 0 Å². The monoisotopic (exact) mass is 130 g/mol. The molecule has 1 unspecified atom stereocenters. The highest BCUT2D eigenvalue weighted by Crippen LogP contribution is 2.43. The molecule has 49 valence electrons. The van der Waals surface area contributed by atoms with Gasteiger partial charge in [0.25, 0.3) is 0 Å². The van der Waals surface area contributed by atoms with Gasteiger partial charge in [-0.15, -0.1) is 0 Å². The van der Waals surface area contributed by atoms with Crippen LogP contribution in [0.1, 0.15) is 5.56 Å². The molecule has 1 heteroatoms. The second kappa shape index (κ2) is 1.36. The minimum atomic E-state index is 0.748. The minimum absolute atomic E-state index is 0.748. The van der Waals surface area contributed by atoms with Gasteiger partial charge < -0.3 is 4.90 Å². The number of rotatable bonds is 0. The standard InChI is InChI=1S/C9H8N/c1-2-4-9-7(3-1)5-8-6-10(8)9/h1-4,6,8H,5H2. The van der Waals surface area contributed by atoms with Crippen molar-refractivity contribution in [2.24, 2.45) is 0 Å². The molecular formula is C9H8N. The summed E-state index contributed by atoms with van der Waals surface area (Å²) in [6.45, 7) is 2.28. The highest BCUT2D eigenvalue weighted by molar-refractivity contribution is 5.68. The molecule has 1 nitrogen and oxygen atoms in total. The van der Waals surface area contributed by atoms with Crippen LogP contribution in [-0.4, -0.2) is 6.04 Å². The van der Waals surface area contributed by atoms with Gasteiger partial charge in [0.1, 0.15) is 0 Å². The fourth-order valence-electron chi connectivity index (χ4n) is 1.72. The molecule has 2 heterocycles. The SMILES string of the molecule is [CH]1C2Cc3ccccc3N12. The predicted molar refractivity (Wildman–Crippen MR) is 40.7 cm³/mol. The van der Waals surface area contributed by atoms with E-state index in [9.17, 15) is 0 Å². The van der Waals surface area contributed by atoms with Crippen molar-refractivity contribution in [3.8, 4) is 0 Å². The molecule has 1 atom stereocenters. The van der Waals surface area contributed by atoms with Crippen LogP contribution in [0.5, 0.6) is 0 Å². The molecule has 0 amide bonds. The van der Waals surface area contributed by atoms with E-state index in [1.165, 1.54) is 17.7 Å². The van der Waals surface area contributed by atoms with Gasteiger partial charge in [-0.2, -0.15) is 0 Å². The van der Waals surface area contributed by atoms with Crippen molar-refractivity contribution >= 4 is 5.69 Å². The molecule has 0 N–H and O–H groups in total. The predicted octanol–water partition coefficient (Wildman–Crippen LogP) is 1.59. The van der Waals surface area contributed by atoms with Gasteiger partial charge in [0.05, 0.1) is 12.6 Å². The topological polar surface area (TPSA) is 3.01 Å². The second-order valence-corrected chi connectivity index (χ2v) is 2.96. The fraction of sp³-hybridized carbons (Fsp3) is 0.222. The van der Waals surface area contributed by atoms with Gasteiger partial charge >= 0.3 is 0 Å². The zero-order valence-electron chi connectivity index (χ0n) is 5.62. The van der Waals surface area contributed by atoms with Crippen molar-refractivity contribution in [3.05, 3.63) is 36.4 Å². The van der Waals surface area contributed by atoms with E-state index in [-0.39, 0.29) is 0 Å². The smallest absolute Gasteiger partial charge is 0.0724 e. The third-order valence-corrected chi connectivity index (χ3v) is 2.30. The van der Waals surface area contributed by atoms with E-state index in [1.807, 2.05) is 0 Å². The van der Waals surface area contributed by atoms with Gasteiger partial charge in [0.15, 0.2) is 0 Å². The molecule has 2 aliphatic heterocycles. The average molecular weight is 130 g/mol. The zero-order valence-corrected chi connectivity index (χ0v) is 5.62. The van der Waals surface area contributed by atoms with Crippen molar-refractivity contribution in [2.45, 2.75) is 12.5 Å². The van der Waals surface area contributed by atoms with E-state index >= 15 is 0 Å². The Balaban J connectivity index is 2.22. The Morgan fingerprint density at radius 2 is 2.20 bits per heavy atom. The third-order valence-electron chi connectivity index (χ3n) is 2.30. The highest BCUT2D eigenvalue weighted by atomic mass is 15.3. The van der Waals surface area contributed by atoms with Crippen LogP contribution in [0.4, 0.5) is 5.69 Å². The first-order valence-electron chi connectivity index (χ1n) is 3.66. The molecule has 2 aliphatic rings. The molecule has 3 rings (SSSR count). The first kappa shape index (κ1) is 4.78. The molecule has 0 aromatic heterocycles. The van der Waals surface area contributed by atoms with Crippen molar-refractivity contribution in [1.29, 1.82) is 0 Å². The summed E-state index contributed by atoms with van der Waals surface area (Å²) in [6.07, 6.45) is 1.23. The van der Waals surface area contributed by atoms with Crippen molar-refractivity contribution < 1.29 is 0 Å². The normalized spacial score (nSPS) is 26.0. The Bertz CT molecular complexity index is 280. The molecule has 0 saturated carbocycles. The average Bonchev–Trinajstić information content (AvgIpc) is 2.64. The van der Waals surface area contributed by atoms with Crippen LogP contribution in [0, 0.1) is 6.54 Å². The van der Waals surface area contributed by atoms with Crippen molar-refractivity contribution in [3.63, 3.8) is 0 Å². The Labute approximate surface area is 60.3 Å². The number of anilines is 1. The highest BCUT2D eigenvalue weighted by Gasteiger charge is 2.41. The quantitative estimate of drug-likeness (QED) is 0.482. The number of fused-ring (bicyclic) bond motifs is 3. The number of para-hydroxylation sites is 1. The molecule has 1 fully saturated rings. The van der Waals surface area contributed by atoms with E-state index in [1.54, 1.807) is 0 Å². The summed E-state index contributed by atoms with van der Waals surface area (Å²) in [5, 5.41) is 0.